The Bertz CT molecular complexity index is 3960. The summed E-state index contributed by atoms with van der Waals surface area (Å²) in [5, 5.41) is 53.1. The molecule has 32 N–H and O–H groups in total. The van der Waals surface area contributed by atoms with Crippen LogP contribution >= 0.6 is 0 Å². The zero-order valence-corrected chi connectivity index (χ0v) is 72.6. The van der Waals surface area contributed by atoms with Gasteiger partial charge in [0, 0.05) is 70.1 Å². The Morgan fingerprint density at radius 1 is 0.432 bits per heavy atom. The van der Waals surface area contributed by atoms with Crippen molar-refractivity contribution in [1.29, 1.82) is 0 Å². The van der Waals surface area contributed by atoms with Gasteiger partial charge in [-0.1, -0.05) is 77.3 Å². The number of amides is 17. The summed E-state index contributed by atoms with van der Waals surface area (Å²) in [4.78, 5) is 252. The lowest BCUT2D eigenvalue weighted by atomic mass is 9.97. The quantitative estimate of drug-likeness (QED) is 0.0164. The highest BCUT2D eigenvalue weighted by molar-refractivity contribution is 6.00. The molecule has 4 fully saturated rings. The number of guanidine groups is 2. The number of rotatable bonds is 53. The number of hydrogen-bond donors (Lipinski definition) is 24. The van der Waals surface area contributed by atoms with Crippen LogP contribution in [0.3, 0.4) is 0 Å². The Kier molecular flexibility index (Phi) is 43.7. The molecule has 3 aliphatic carbocycles. The van der Waals surface area contributed by atoms with Crippen LogP contribution in [0.15, 0.2) is 40.3 Å². The molecule has 1 aliphatic heterocycles. The average molecular weight is 1760 g/mol. The van der Waals surface area contributed by atoms with Crippen molar-refractivity contribution in [1.82, 2.24) is 85.1 Å². The predicted octanol–water partition coefficient (Wildman–Crippen LogP) is -7.35. The second kappa shape index (κ2) is 52.7. The van der Waals surface area contributed by atoms with E-state index in [2.05, 4.69) is 101 Å². The van der Waals surface area contributed by atoms with E-state index < -0.39 is 235 Å². The Labute approximate surface area is 726 Å². The van der Waals surface area contributed by atoms with Gasteiger partial charge in [0.2, 0.25) is 100 Å². The van der Waals surface area contributed by atoms with Crippen molar-refractivity contribution in [3.8, 4) is 0 Å². The fraction of sp³-hybridized carbons (Fsp3) is 0.679. The van der Waals surface area contributed by atoms with Gasteiger partial charge >= 0.3 is 5.97 Å². The minimum atomic E-state index is -1.85. The topological polar surface area (TPSA) is 728 Å². The molecule has 4 aliphatic rings. The van der Waals surface area contributed by atoms with Gasteiger partial charge in [-0.05, 0) is 128 Å². The van der Waals surface area contributed by atoms with Crippen LogP contribution in [0.4, 0.5) is 0 Å². The Hall–Kier alpha value is -11.9. The van der Waals surface area contributed by atoms with E-state index in [0.717, 1.165) is 0 Å². The second-order valence-corrected chi connectivity index (χ2v) is 33.5. The number of unbranched alkanes of at least 4 members (excludes halogenated alkanes) is 1. The number of nitrogens with zero attached hydrogens (tertiary/aromatic N) is 2. The zero-order valence-electron chi connectivity index (χ0n) is 72.6. The van der Waals surface area contributed by atoms with E-state index in [1.807, 2.05) is 27.7 Å². The van der Waals surface area contributed by atoms with Crippen LogP contribution in [0.1, 0.15) is 189 Å². The molecule has 3 saturated carbocycles. The van der Waals surface area contributed by atoms with Crippen LogP contribution in [0, 0.1) is 35.5 Å². The first-order valence-corrected chi connectivity index (χ1v) is 43.0. The summed E-state index contributed by atoms with van der Waals surface area (Å²) < 4.78 is 0. The highest BCUT2D eigenvalue weighted by Crippen LogP contribution is 2.30. The lowest BCUT2D eigenvalue weighted by molar-refractivity contribution is -0.368. The van der Waals surface area contributed by atoms with Crippen LogP contribution in [0.25, 0.3) is 0 Å². The van der Waals surface area contributed by atoms with Gasteiger partial charge in [0.15, 0.2) is 11.9 Å². The molecule has 44 nitrogen and oxygen atoms in total. The number of carboxylic acids is 1. The molecule has 1 saturated heterocycles. The highest BCUT2D eigenvalue weighted by Gasteiger charge is 2.44. The summed E-state index contributed by atoms with van der Waals surface area (Å²) in [5.41, 5.74) is 37.3. The van der Waals surface area contributed by atoms with Gasteiger partial charge in [-0.2, -0.15) is 0 Å². The third-order valence-corrected chi connectivity index (χ3v) is 22.1. The van der Waals surface area contributed by atoms with Crippen LogP contribution in [0.2, 0.25) is 0 Å². The van der Waals surface area contributed by atoms with E-state index in [-0.39, 0.29) is 94.1 Å². The number of nitrogens with one attached hydrogen (secondary N) is 16. The first-order chi connectivity index (χ1) is 59.1. The van der Waals surface area contributed by atoms with Crippen molar-refractivity contribution < 1.29 is 97.1 Å². The molecule has 17 amide bonds. The van der Waals surface area contributed by atoms with Gasteiger partial charge in [-0.3, -0.25) is 96.3 Å². The molecule has 0 aromatic heterocycles. The SMILES string of the molecule is CC(=O)N[C@@H]1CNC[C@H]1C(=O)N[C@@H](C)C(=O)N[C@@H]1CCC[C@H]1C(=O)N[C@@H](CCCN=C(N)N)C(=O)N[C@@H]1CCC[C@H]1C(=O)N[C@@H](CC(C)C)C(=O)N[C@@H]1CCC[C@H]1C(=O)N[C@@H](CCCC[NH3+])C(=O)N[C@H](CC(=O)NCC(=O)N[C@@H](CC(=O)O)C(=O)N[C@@H](C)C(=O)N[C@@H](Cc1ccccc1)C(=O)N[C@@H](CC(N)=O)C(=O)N[C@@H](CCCN=C(N)N)C(N)=O)CC(C)C. The van der Waals surface area contributed by atoms with E-state index >= 15 is 0 Å². The maximum absolute atomic E-state index is 14.5. The fourth-order valence-electron chi connectivity index (χ4n) is 15.7. The monoisotopic (exact) mass is 1760 g/mol. The van der Waals surface area contributed by atoms with Crippen LogP contribution in [-0.4, -0.2) is 247 Å². The van der Waals surface area contributed by atoms with Crippen molar-refractivity contribution in [2.24, 2.45) is 79.9 Å². The van der Waals surface area contributed by atoms with Gasteiger partial charge in [0.25, 0.3) is 0 Å². The van der Waals surface area contributed by atoms with Crippen molar-refractivity contribution >= 4 is 118 Å². The van der Waals surface area contributed by atoms with Gasteiger partial charge in [-0.25, -0.2) is 0 Å². The molecule has 44 heteroatoms. The van der Waals surface area contributed by atoms with Gasteiger partial charge in [0.1, 0.15) is 54.4 Å². The van der Waals surface area contributed by atoms with Crippen molar-refractivity contribution in [3.63, 3.8) is 0 Å². The molecule has 1 aromatic rings. The minimum Gasteiger partial charge on any atom is -0.481 e. The molecule has 1 aromatic carbocycles. The number of primary amides is 2. The molecule has 18 atom stereocenters. The molecule has 125 heavy (non-hydrogen) atoms. The fourth-order valence-corrected chi connectivity index (χ4v) is 15.7. The largest absolute Gasteiger partial charge is 0.481 e. The first-order valence-electron chi connectivity index (χ1n) is 43.0. The van der Waals surface area contributed by atoms with E-state index in [0.29, 0.717) is 95.8 Å². The Morgan fingerprint density at radius 3 is 1.40 bits per heavy atom. The lowest BCUT2D eigenvalue weighted by Crippen LogP contribution is -2.59. The normalized spacial score (nSPS) is 20.6. The van der Waals surface area contributed by atoms with E-state index in [4.69, 9.17) is 34.4 Å². The van der Waals surface area contributed by atoms with Crippen molar-refractivity contribution in [2.45, 2.75) is 274 Å². The summed E-state index contributed by atoms with van der Waals surface area (Å²) >= 11 is 0. The highest BCUT2D eigenvalue weighted by atomic mass is 16.4. The number of carbonyl (C=O) groups excluding carboxylic acids is 17. The van der Waals surface area contributed by atoms with Gasteiger partial charge in [0.05, 0.1) is 55.6 Å². The number of carboxylic acid groups (broad SMARTS) is 1. The number of benzene rings is 1. The third kappa shape index (κ3) is 36.8. The predicted molar refractivity (Wildman–Crippen MR) is 456 cm³/mol. The molecule has 0 spiro atoms. The minimum absolute atomic E-state index is 0.0451. The molecule has 0 bridgehead atoms. The van der Waals surface area contributed by atoms with Crippen LogP contribution < -0.4 is 125 Å². The van der Waals surface area contributed by atoms with Crippen molar-refractivity contribution in [3.05, 3.63) is 35.9 Å². The molecule has 1 heterocycles. The number of quaternary nitrogens is 1. The number of carbonyl (C=O) groups is 18. The molecular formula is C81H134N25O19+. The molecule has 0 unspecified atom stereocenters. The maximum Gasteiger partial charge on any atom is 0.305 e. The third-order valence-electron chi connectivity index (χ3n) is 22.1. The Morgan fingerprint density at radius 2 is 0.888 bits per heavy atom. The number of aliphatic carboxylic acids is 1. The smallest absolute Gasteiger partial charge is 0.305 e. The van der Waals surface area contributed by atoms with Gasteiger partial charge < -0.3 is 130 Å². The summed E-state index contributed by atoms with van der Waals surface area (Å²) in [7, 11) is 0. The van der Waals surface area contributed by atoms with E-state index in [9.17, 15) is 91.4 Å². The summed E-state index contributed by atoms with van der Waals surface area (Å²) in [6, 6.07) is -7.50. The van der Waals surface area contributed by atoms with Crippen LogP contribution in [0.5, 0.6) is 0 Å². The molecular weight excluding hydrogens is 1630 g/mol. The standard InChI is InChI=1S/C81H133N25O19/c1-41(2)32-47(35-64(109)92-40-65(110)97-61(37-66(111)112)76(122)94-44(6)69(115)104-59(34-46-18-9-8-10-19-46)78(124)106-60(36-63(83)108)79(125)101-55(67(84)113)27-16-30-90-80(85)86)96-74(120)56(23-11-12-29-82)102-71(117)49-21-14-26-54(49)100-77(123)58(33-42(3)4)105-72(118)50-22-15-25-53(50)99-75(121)57(28-17-31-91-81(87)88)103-70(116)48-20-13-24-52(48)98-68(114)43(5)93-73(119)51-38-89-39-62(51)95-45(7)107/h8-10,18-19,41-44,47-62,89H,11-17,20-40,82H2,1-7H3,(H2,83,108)(H2,84,113)(H,92,109)(H,93,119)(H,94,122)(H,95,107)(H,96,120)(H,97,110)(H,98,114)(H,99,121)(H,100,123)(H,101,125)(H,102,117)(H,103,116)(H,104,115)(H,105,118)(H,106,124)(H,111,112)(H4,85,86,90)(H4,87,88,91)/p+1/t43-,44-,47-,48+,49+,50+,51+,52+,53+,54+,55-,56-,57-,58-,59-,60-,61-,62+/m0/s1. The first kappa shape index (κ1) is 104. The summed E-state index contributed by atoms with van der Waals surface area (Å²) in [6.07, 6.45) is 3.61. The molecule has 5 rings (SSSR count). The van der Waals surface area contributed by atoms with Crippen LogP contribution in [-0.2, 0) is 92.7 Å². The number of hydrogen-bond acceptors (Lipinski definition) is 21. The second-order valence-electron chi connectivity index (χ2n) is 33.5. The average Bonchev–Trinajstić information content (AvgIpc) is 1.75. The zero-order chi connectivity index (χ0) is 92.7. The van der Waals surface area contributed by atoms with E-state index in [1.165, 1.54) is 20.8 Å². The maximum atomic E-state index is 14.5. The number of aliphatic imine (C=N–C) groups is 2. The lowest BCUT2D eigenvalue weighted by Gasteiger charge is -2.29. The molecule has 0 radical (unpaired) electrons. The Balaban J connectivity index is 1.18. The van der Waals surface area contributed by atoms with E-state index in [1.54, 1.807) is 30.3 Å². The van der Waals surface area contributed by atoms with Gasteiger partial charge in [-0.15, -0.1) is 0 Å². The van der Waals surface area contributed by atoms with Crippen molar-refractivity contribution in [2.75, 3.05) is 39.3 Å². The number of nitrogens with two attached hydrogens (primary N) is 6. The molecule has 696 valence electrons. The summed E-state index contributed by atoms with van der Waals surface area (Å²) in [6.45, 7) is 12.1. The summed E-state index contributed by atoms with van der Waals surface area (Å²) in [5.74, 6) is -17.7.